The lowest BCUT2D eigenvalue weighted by Gasteiger charge is -2.05. The molecule has 0 bridgehead atoms. The zero-order valence-corrected chi connectivity index (χ0v) is 14.1. The van der Waals surface area contributed by atoms with Gasteiger partial charge in [0.25, 0.3) is 0 Å². The summed E-state index contributed by atoms with van der Waals surface area (Å²) in [5.74, 6) is 0.589. The Labute approximate surface area is 141 Å². The third-order valence-electron chi connectivity index (χ3n) is 3.13. The number of rotatable bonds is 4. The summed E-state index contributed by atoms with van der Waals surface area (Å²) in [4.78, 5) is 17.7. The minimum Gasteiger partial charge on any atom is -0.293 e. The van der Waals surface area contributed by atoms with Crippen LogP contribution in [0.3, 0.4) is 0 Å². The van der Waals surface area contributed by atoms with Crippen LogP contribution in [0.5, 0.6) is 0 Å². The van der Waals surface area contributed by atoms with Crippen LogP contribution in [-0.4, -0.2) is 16.5 Å². The molecule has 0 saturated carbocycles. The first-order valence-corrected chi connectivity index (χ1v) is 8.56. The van der Waals surface area contributed by atoms with E-state index in [0.717, 1.165) is 24.9 Å². The summed E-state index contributed by atoms with van der Waals surface area (Å²) in [5, 5.41) is 1.10. The first kappa shape index (κ1) is 14.5. The summed E-state index contributed by atoms with van der Waals surface area (Å²) in [5.41, 5.74) is 1.73. The molecule has 0 aliphatic rings. The third-order valence-corrected chi connectivity index (χ3v) is 4.93. The Balaban J connectivity index is 1.77. The van der Waals surface area contributed by atoms with E-state index in [1.807, 2.05) is 54.6 Å². The molecule has 0 radical (unpaired) electrons. The SMILES string of the molecule is O=C(CSc1ccnc2ccccc12)c1ccc(I)cc1. The molecule has 3 rings (SSSR count). The van der Waals surface area contributed by atoms with Crippen LogP contribution in [-0.2, 0) is 0 Å². The fraction of sp³-hybridized carbons (Fsp3) is 0.0588. The summed E-state index contributed by atoms with van der Waals surface area (Å²) in [6, 6.07) is 17.6. The van der Waals surface area contributed by atoms with Crippen molar-refractivity contribution in [1.82, 2.24) is 4.98 Å². The average molecular weight is 405 g/mol. The maximum atomic E-state index is 12.2. The molecule has 0 aliphatic heterocycles. The highest BCUT2D eigenvalue weighted by atomic mass is 127. The number of ketones is 1. The van der Waals surface area contributed by atoms with Gasteiger partial charge < -0.3 is 0 Å². The van der Waals surface area contributed by atoms with Crippen LogP contribution < -0.4 is 0 Å². The smallest absolute Gasteiger partial charge is 0.173 e. The van der Waals surface area contributed by atoms with Gasteiger partial charge in [0.2, 0.25) is 0 Å². The largest absolute Gasteiger partial charge is 0.293 e. The lowest BCUT2D eigenvalue weighted by atomic mass is 10.2. The van der Waals surface area contributed by atoms with Crippen molar-refractivity contribution in [2.24, 2.45) is 0 Å². The number of aromatic nitrogens is 1. The zero-order chi connectivity index (χ0) is 14.7. The highest BCUT2D eigenvalue weighted by Crippen LogP contribution is 2.27. The Morgan fingerprint density at radius 2 is 1.81 bits per heavy atom. The van der Waals surface area contributed by atoms with Crippen LogP contribution in [0, 0.1) is 3.57 Å². The second-order valence-corrected chi connectivity index (χ2v) is 6.81. The molecule has 0 spiro atoms. The highest BCUT2D eigenvalue weighted by Gasteiger charge is 2.08. The van der Waals surface area contributed by atoms with Crippen LogP contribution in [0.15, 0.2) is 65.7 Å². The summed E-state index contributed by atoms with van der Waals surface area (Å²) in [6.07, 6.45) is 1.79. The van der Waals surface area contributed by atoms with E-state index in [-0.39, 0.29) is 5.78 Å². The van der Waals surface area contributed by atoms with E-state index in [4.69, 9.17) is 0 Å². The number of pyridine rings is 1. The number of hydrogen-bond acceptors (Lipinski definition) is 3. The number of Topliss-reactive ketones (excluding diaryl/α,β-unsaturated/α-hetero) is 1. The van der Waals surface area contributed by atoms with Crippen molar-refractivity contribution in [3.05, 3.63) is 69.9 Å². The van der Waals surface area contributed by atoms with E-state index in [9.17, 15) is 4.79 Å². The van der Waals surface area contributed by atoms with Crippen LogP contribution in [0.25, 0.3) is 10.9 Å². The van der Waals surface area contributed by atoms with Crippen molar-refractivity contribution in [3.63, 3.8) is 0 Å². The molecule has 0 saturated heterocycles. The number of carbonyl (C=O) groups is 1. The van der Waals surface area contributed by atoms with Gasteiger partial charge in [-0.1, -0.05) is 30.3 Å². The summed E-state index contributed by atoms with van der Waals surface area (Å²) >= 11 is 3.80. The number of benzene rings is 2. The molecule has 4 heteroatoms. The molecule has 0 fully saturated rings. The predicted molar refractivity (Wildman–Crippen MR) is 96.0 cm³/mol. The van der Waals surface area contributed by atoms with Gasteiger partial charge in [-0.25, -0.2) is 0 Å². The van der Waals surface area contributed by atoms with E-state index in [1.165, 1.54) is 0 Å². The lowest BCUT2D eigenvalue weighted by molar-refractivity contribution is 0.102. The van der Waals surface area contributed by atoms with E-state index in [1.54, 1.807) is 18.0 Å². The fourth-order valence-electron chi connectivity index (χ4n) is 2.06. The number of carbonyl (C=O) groups excluding carboxylic acids is 1. The van der Waals surface area contributed by atoms with Gasteiger partial charge >= 0.3 is 0 Å². The Hall–Kier alpha value is -1.40. The molecule has 0 N–H and O–H groups in total. The van der Waals surface area contributed by atoms with Gasteiger partial charge in [0, 0.05) is 25.6 Å². The van der Waals surface area contributed by atoms with E-state index in [2.05, 4.69) is 27.6 Å². The van der Waals surface area contributed by atoms with Gasteiger partial charge in [0.15, 0.2) is 5.78 Å². The molecule has 0 amide bonds. The van der Waals surface area contributed by atoms with Crippen molar-refractivity contribution < 1.29 is 4.79 Å². The normalized spacial score (nSPS) is 10.7. The number of fused-ring (bicyclic) bond motifs is 1. The fourth-order valence-corrected chi connectivity index (χ4v) is 3.36. The molecule has 1 heterocycles. The summed E-state index contributed by atoms with van der Waals surface area (Å²) in [7, 11) is 0. The Bertz CT molecular complexity index is 781. The molecule has 104 valence electrons. The zero-order valence-electron chi connectivity index (χ0n) is 11.1. The quantitative estimate of drug-likeness (QED) is 0.354. The molecular weight excluding hydrogens is 393 g/mol. The molecule has 0 unspecified atom stereocenters. The standard InChI is InChI=1S/C17H12INOS/c18-13-7-5-12(6-8-13)16(20)11-21-17-9-10-19-15-4-2-1-3-14(15)17/h1-10H,11H2. The number of nitrogens with zero attached hydrogens (tertiary/aromatic N) is 1. The maximum absolute atomic E-state index is 12.2. The van der Waals surface area contributed by atoms with E-state index in [0.29, 0.717) is 5.75 Å². The van der Waals surface area contributed by atoms with Gasteiger partial charge in [-0.05, 0) is 46.9 Å². The molecule has 0 aliphatic carbocycles. The Morgan fingerprint density at radius 3 is 2.62 bits per heavy atom. The van der Waals surface area contributed by atoms with Crippen molar-refractivity contribution >= 4 is 51.0 Å². The lowest BCUT2D eigenvalue weighted by Crippen LogP contribution is -2.02. The first-order valence-electron chi connectivity index (χ1n) is 6.49. The molecule has 3 aromatic rings. The second kappa shape index (κ2) is 6.58. The average Bonchev–Trinajstić information content (AvgIpc) is 2.53. The predicted octanol–water partition coefficient (Wildman–Crippen LogP) is 4.81. The monoisotopic (exact) mass is 405 g/mol. The first-order chi connectivity index (χ1) is 10.2. The summed E-state index contributed by atoms with van der Waals surface area (Å²) in [6.45, 7) is 0. The van der Waals surface area contributed by atoms with Gasteiger partial charge in [-0.15, -0.1) is 11.8 Å². The highest BCUT2D eigenvalue weighted by molar-refractivity contribution is 14.1. The summed E-state index contributed by atoms with van der Waals surface area (Å²) < 4.78 is 1.14. The Morgan fingerprint density at radius 1 is 1.05 bits per heavy atom. The molecule has 21 heavy (non-hydrogen) atoms. The van der Waals surface area contributed by atoms with Crippen molar-refractivity contribution in [2.75, 3.05) is 5.75 Å². The van der Waals surface area contributed by atoms with Crippen molar-refractivity contribution in [1.29, 1.82) is 0 Å². The van der Waals surface area contributed by atoms with Gasteiger partial charge in [-0.2, -0.15) is 0 Å². The molecule has 1 aromatic heterocycles. The van der Waals surface area contributed by atoms with Gasteiger partial charge in [-0.3, -0.25) is 9.78 Å². The Kier molecular flexibility index (Phi) is 4.55. The van der Waals surface area contributed by atoms with E-state index >= 15 is 0 Å². The van der Waals surface area contributed by atoms with Crippen LogP contribution in [0.4, 0.5) is 0 Å². The third kappa shape index (κ3) is 3.44. The van der Waals surface area contributed by atoms with E-state index < -0.39 is 0 Å². The number of para-hydroxylation sites is 1. The number of halogens is 1. The van der Waals surface area contributed by atoms with Crippen LogP contribution in [0.1, 0.15) is 10.4 Å². The molecular formula is C17H12INOS. The minimum absolute atomic E-state index is 0.150. The number of hydrogen-bond donors (Lipinski definition) is 0. The minimum atomic E-state index is 0.150. The topological polar surface area (TPSA) is 30.0 Å². The van der Waals surface area contributed by atoms with Crippen LogP contribution in [0.2, 0.25) is 0 Å². The second-order valence-electron chi connectivity index (χ2n) is 4.54. The molecule has 0 atom stereocenters. The van der Waals surface area contributed by atoms with Crippen molar-refractivity contribution in [3.8, 4) is 0 Å². The van der Waals surface area contributed by atoms with Gasteiger partial charge in [0.1, 0.15) is 0 Å². The van der Waals surface area contributed by atoms with Gasteiger partial charge in [0.05, 0.1) is 11.3 Å². The van der Waals surface area contributed by atoms with Crippen molar-refractivity contribution in [2.45, 2.75) is 4.90 Å². The molecule has 2 aromatic carbocycles. The number of thioether (sulfide) groups is 1. The maximum Gasteiger partial charge on any atom is 0.173 e. The van der Waals surface area contributed by atoms with Crippen LogP contribution >= 0.6 is 34.4 Å². The molecule has 2 nitrogen and oxygen atoms in total.